The molecular formula is C23H30ClN3O4S. The monoisotopic (exact) mass is 479 g/mol. The van der Waals surface area contributed by atoms with Gasteiger partial charge in [-0.1, -0.05) is 23.7 Å². The summed E-state index contributed by atoms with van der Waals surface area (Å²) in [5, 5.41) is 0.143. The molecule has 32 heavy (non-hydrogen) atoms. The van der Waals surface area contributed by atoms with Crippen molar-refractivity contribution in [3.8, 4) is 5.75 Å². The van der Waals surface area contributed by atoms with Crippen LogP contribution in [0.2, 0.25) is 5.02 Å². The quantitative estimate of drug-likeness (QED) is 0.658. The van der Waals surface area contributed by atoms with Crippen molar-refractivity contribution in [3.05, 3.63) is 52.5 Å². The number of aryl methyl sites for hydroxylation is 1. The number of halogens is 1. The number of rotatable bonds is 7. The number of ether oxygens (including phenoxy) is 1. The van der Waals surface area contributed by atoms with Gasteiger partial charge >= 0.3 is 0 Å². The first-order valence-corrected chi connectivity index (χ1v) is 12.5. The Kier molecular flexibility index (Phi) is 7.69. The number of sulfonamides is 1. The second-order valence-corrected chi connectivity index (χ2v) is 10.4. The highest BCUT2D eigenvalue weighted by Gasteiger charge is 2.23. The normalized spacial score (nSPS) is 14.7. The van der Waals surface area contributed by atoms with Crippen molar-refractivity contribution in [3.63, 3.8) is 0 Å². The Labute approximate surface area is 195 Å². The van der Waals surface area contributed by atoms with Gasteiger partial charge in [0.05, 0.1) is 9.92 Å². The van der Waals surface area contributed by atoms with E-state index in [-0.39, 0.29) is 34.2 Å². The number of benzene rings is 2. The maximum Gasteiger partial charge on any atom is 0.260 e. The van der Waals surface area contributed by atoms with Crippen LogP contribution in [0.25, 0.3) is 0 Å². The van der Waals surface area contributed by atoms with E-state index in [1.54, 1.807) is 18.7 Å². The number of hydrogen-bond acceptors (Lipinski definition) is 5. The van der Waals surface area contributed by atoms with Gasteiger partial charge in [0.15, 0.2) is 6.61 Å². The largest absolute Gasteiger partial charge is 0.482 e. The van der Waals surface area contributed by atoms with Gasteiger partial charge in [-0.2, -0.15) is 0 Å². The second-order valence-electron chi connectivity index (χ2n) is 8.24. The summed E-state index contributed by atoms with van der Waals surface area (Å²) in [7, 11) is -3.65. The summed E-state index contributed by atoms with van der Waals surface area (Å²) in [6.45, 7) is 10.3. The van der Waals surface area contributed by atoms with Crippen LogP contribution < -0.4 is 14.4 Å². The van der Waals surface area contributed by atoms with Crippen molar-refractivity contribution in [1.82, 2.24) is 9.62 Å². The third-order valence-electron chi connectivity index (χ3n) is 5.50. The number of hydrogen-bond donors (Lipinski definition) is 1. The molecule has 1 N–H and O–H groups in total. The first-order chi connectivity index (χ1) is 15.1. The molecule has 1 aliphatic rings. The molecule has 2 aromatic carbocycles. The van der Waals surface area contributed by atoms with Crippen LogP contribution in [0.5, 0.6) is 5.75 Å². The number of nitrogens with zero attached hydrogens (tertiary/aromatic N) is 2. The number of carbonyl (C=O) groups is 1. The van der Waals surface area contributed by atoms with Gasteiger partial charge in [0.2, 0.25) is 10.0 Å². The van der Waals surface area contributed by atoms with E-state index in [1.165, 1.54) is 35.0 Å². The van der Waals surface area contributed by atoms with Gasteiger partial charge in [0.25, 0.3) is 5.91 Å². The van der Waals surface area contributed by atoms with E-state index < -0.39 is 10.0 Å². The lowest BCUT2D eigenvalue weighted by Crippen LogP contribution is -2.50. The average molecular weight is 480 g/mol. The smallest absolute Gasteiger partial charge is 0.260 e. The minimum Gasteiger partial charge on any atom is -0.482 e. The number of piperazine rings is 1. The summed E-state index contributed by atoms with van der Waals surface area (Å²) in [6.07, 6.45) is 0. The fraction of sp³-hybridized carbons (Fsp3) is 0.435. The molecule has 1 amide bonds. The molecule has 1 heterocycles. The van der Waals surface area contributed by atoms with Crippen molar-refractivity contribution in [2.75, 3.05) is 37.7 Å². The van der Waals surface area contributed by atoms with Crippen LogP contribution in [0.4, 0.5) is 5.69 Å². The average Bonchev–Trinajstić information content (AvgIpc) is 2.74. The van der Waals surface area contributed by atoms with Crippen LogP contribution in [0.15, 0.2) is 41.3 Å². The van der Waals surface area contributed by atoms with Gasteiger partial charge < -0.3 is 14.5 Å². The zero-order valence-corrected chi connectivity index (χ0v) is 20.5. The van der Waals surface area contributed by atoms with Crippen LogP contribution in [0.3, 0.4) is 0 Å². The predicted molar refractivity (Wildman–Crippen MR) is 127 cm³/mol. The van der Waals surface area contributed by atoms with E-state index >= 15 is 0 Å². The molecule has 1 saturated heterocycles. The molecule has 0 aromatic heterocycles. The SMILES string of the molecule is Cc1cccc(N2CCN(C(=O)COc3ccc(S(=O)(=O)NC(C)C)cc3Cl)CC2)c1C. The summed E-state index contributed by atoms with van der Waals surface area (Å²) >= 11 is 6.21. The number of anilines is 1. The molecule has 2 aromatic rings. The fourth-order valence-corrected chi connectivity index (χ4v) is 5.23. The van der Waals surface area contributed by atoms with Crippen LogP contribution in [0, 0.1) is 13.8 Å². The summed E-state index contributed by atoms with van der Waals surface area (Å²) in [5.74, 6) is 0.150. The Morgan fingerprint density at radius 3 is 2.44 bits per heavy atom. The van der Waals surface area contributed by atoms with Gasteiger partial charge in [0.1, 0.15) is 5.75 Å². The first-order valence-electron chi connectivity index (χ1n) is 10.6. The number of carbonyl (C=O) groups excluding carboxylic acids is 1. The minimum atomic E-state index is -3.65. The second kappa shape index (κ2) is 10.1. The van der Waals surface area contributed by atoms with E-state index in [9.17, 15) is 13.2 Å². The van der Waals surface area contributed by atoms with E-state index in [1.807, 2.05) is 0 Å². The molecular weight excluding hydrogens is 450 g/mol. The standard InChI is InChI=1S/C23H30ClN3O4S/c1-16(2)25-32(29,30)19-8-9-22(20(24)14-19)31-15-23(28)27-12-10-26(11-13-27)21-7-5-6-17(3)18(21)4/h5-9,14,16,25H,10-13,15H2,1-4H3. The molecule has 0 spiro atoms. The Bertz CT molecular complexity index is 1080. The molecule has 174 valence electrons. The van der Waals surface area contributed by atoms with Crippen LogP contribution in [-0.2, 0) is 14.8 Å². The summed E-state index contributed by atoms with van der Waals surface area (Å²) in [5.41, 5.74) is 3.73. The van der Waals surface area contributed by atoms with Crippen LogP contribution in [0.1, 0.15) is 25.0 Å². The van der Waals surface area contributed by atoms with Crippen molar-refractivity contribution in [1.29, 1.82) is 0 Å². The maximum atomic E-state index is 12.6. The molecule has 3 rings (SSSR count). The summed E-state index contributed by atoms with van der Waals surface area (Å²) in [6, 6.07) is 10.3. The summed E-state index contributed by atoms with van der Waals surface area (Å²) in [4.78, 5) is 16.8. The molecule has 0 saturated carbocycles. The number of amides is 1. The van der Waals surface area contributed by atoms with Crippen molar-refractivity contribution < 1.29 is 17.9 Å². The van der Waals surface area contributed by atoms with Crippen LogP contribution >= 0.6 is 11.6 Å². The van der Waals surface area contributed by atoms with Gasteiger partial charge in [-0.3, -0.25) is 4.79 Å². The predicted octanol–water partition coefficient (Wildman–Crippen LogP) is 3.37. The lowest BCUT2D eigenvalue weighted by atomic mass is 10.1. The Balaban J connectivity index is 1.56. The van der Waals surface area contributed by atoms with Gasteiger partial charge in [-0.05, 0) is 63.1 Å². The Morgan fingerprint density at radius 2 is 1.81 bits per heavy atom. The zero-order valence-electron chi connectivity index (χ0n) is 18.9. The lowest BCUT2D eigenvalue weighted by molar-refractivity contribution is -0.133. The molecule has 1 aliphatic heterocycles. The van der Waals surface area contributed by atoms with Gasteiger partial charge in [-0.15, -0.1) is 0 Å². The first kappa shape index (κ1) is 24.4. The molecule has 0 radical (unpaired) electrons. The fourth-order valence-electron chi connectivity index (χ4n) is 3.65. The van der Waals surface area contributed by atoms with E-state index in [0.29, 0.717) is 13.1 Å². The third-order valence-corrected chi connectivity index (χ3v) is 7.46. The molecule has 9 heteroatoms. The van der Waals surface area contributed by atoms with E-state index in [4.69, 9.17) is 16.3 Å². The van der Waals surface area contributed by atoms with Crippen molar-refractivity contribution in [2.24, 2.45) is 0 Å². The van der Waals surface area contributed by atoms with Crippen LogP contribution in [-0.4, -0.2) is 58.1 Å². The minimum absolute atomic E-state index is 0.0532. The lowest BCUT2D eigenvalue weighted by Gasteiger charge is -2.37. The highest BCUT2D eigenvalue weighted by molar-refractivity contribution is 7.89. The highest BCUT2D eigenvalue weighted by atomic mass is 35.5. The Hall–Kier alpha value is -2.29. The molecule has 7 nitrogen and oxygen atoms in total. The molecule has 0 unspecified atom stereocenters. The topological polar surface area (TPSA) is 79.0 Å². The third kappa shape index (κ3) is 5.74. The Morgan fingerprint density at radius 1 is 1.12 bits per heavy atom. The van der Waals surface area contributed by atoms with Crippen molar-refractivity contribution in [2.45, 2.75) is 38.6 Å². The van der Waals surface area contributed by atoms with E-state index in [0.717, 1.165) is 13.1 Å². The highest BCUT2D eigenvalue weighted by Crippen LogP contribution is 2.28. The van der Waals surface area contributed by atoms with E-state index in [2.05, 4.69) is 41.7 Å². The van der Waals surface area contributed by atoms with Crippen molar-refractivity contribution >= 4 is 33.2 Å². The molecule has 0 atom stereocenters. The molecule has 0 aliphatic carbocycles. The maximum absolute atomic E-state index is 12.6. The van der Waals surface area contributed by atoms with Gasteiger partial charge in [-0.25, -0.2) is 13.1 Å². The zero-order chi connectivity index (χ0) is 23.5. The molecule has 1 fully saturated rings. The summed E-state index contributed by atoms with van der Waals surface area (Å²) < 4.78 is 32.6. The molecule has 0 bridgehead atoms. The number of nitrogens with one attached hydrogen (secondary N) is 1. The van der Waals surface area contributed by atoms with Gasteiger partial charge in [0, 0.05) is 37.9 Å².